The number of aliphatic carboxylic acids is 1. The number of carboxylic acids is 1. The van der Waals surface area contributed by atoms with Gasteiger partial charge in [0.2, 0.25) is 0 Å². The Morgan fingerprint density at radius 2 is 2.11 bits per heavy atom. The number of rotatable bonds is 6. The molecule has 1 unspecified atom stereocenters. The maximum absolute atomic E-state index is 11.5. The molecule has 0 aliphatic carbocycles. The van der Waals surface area contributed by atoms with Crippen LogP contribution >= 0.6 is 11.8 Å². The van der Waals surface area contributed by atoms with Crippen molar-refractivity contribution < 1.29 is 14.7 Å². The van der Waals surface area contributed by atoms with Gasteiger partial charge < -0.3 is 15.7 Å². The topological polar surface area (TPSA) is 104 Å². The second-order valence-corrected chi connectivity index (χ2v) is 4.38. The standard InChI is InChI=1S/C10H14N4O3S/c1-18-3-2-8(9(15)16)14-10(17)13-7-4-11-6-12-5-7/h4-6,8H,2-3H2,1H3,(H,15,16)(H2,13,14,17). The Bertz CT molecular complexity index is 401. The van der Waals surface area contributed by atoms with Crippen LogP contribution in [0.4, 0.5) is 10.5 Å². The number of carbonyl (C=O) groups excluding carboxylic acids is 1. The third-order valence-corrected chi connectivity index (χ3v) is 2.68. The van der Waals surface area contributed by atoms with Gasteiger partial charge in [0.05, 0.1) is 18.1 Å². The summed E-state index contributed by atoms with van der Waals surface area (Å²) in [5.74, 6) is -0.394. The summed E-state index contributed by atoms with van der Waals surface area (Å²) in [5, 5.41) is 13.8. The van der Waals surface area contributed by atoms with E-state index in [0.717, 1.165) is 0 Å². The van der Waals surface area contributed by atoms with Gasteiger partial charge in [-0.1, -0.05) is 0 Å². The summed E-state index contributed by atoms with van der Waals surface area (Å²) in [7, 11) is 0. The highest BCUT2D eigenvalue weighted by Crippen LogP contribution is 2.03. The molecular weight excluding hydrogens is 256 g/mol. The van der Waals surface area contributed by atoms with Crippen molar-refractivity contribution >= 4 is 29.4 Å². The Kier molecular flexibility index (Phi) is 5.92. The highest BCUT2D eigenvalue weighted by Gasteiger charge is 2.19. The Morgan fingerprint density at radius 1 is 1.44 bits per heavy atom. The molecule has 1 atom stereocenters. The molecule has 0 fully saturated rings. The van der Waals surface area contributed by atoms with Gasteiger partial charge in [-0.15, -0.1) is 0 Å². The lowest BCUT2D eigenvalue weighted by Crippen LogP contribution is -2.43. The number of hydrogen-bond acceptors (Lipinski definition) is 5. The van der Waals surface area contributed by atoms with E-state index in [2.05, 4.69) is 20.6 Å². The van der Waals surface area contributed by atoms with E-state index in [1.807, 2.05) is 6.26 Å². The van der Waals surface area contributed by atoms with Crippen molar-refractivity contribution in [2.75, 3.05) is 17.3 Å². The summed E-state index contributed by atoms with van der Waals surface area (Å²) in [5.41, 5.74) is 0.406. The number of amides is 2. The number of anilines is 1. The fraction of sp³-hybridized carbons (Fsp3) is 0.400. The van der Waals surface area contributed by atoms with Gasteiger partial charge in [-0.2, -0.15) is 11.8 Å². The SMILES string of the molecule is CSCCC(NC(=O)Nc1cncnc1)C(=O)O. The molecular formula is C10H14N4O3S. The lowest BCUT2D eigenvalue weighted by Gasteiger charge is -2.14. The fourth-order valence-electron chi connectivity index (χ4n) is 1.18. The number of thioether (sulfide) groups is 1. The molecule has 2 amide bonds. The summed E-state index contributed by atoms with van der Waals surface area (Å²) in [4.78, 5) is 29.9. The van der Waals surface area contributed by atoms with Crippen molar-refractivity contribution in [1.29, 1.82) is 0 Å². The van der Waals surface area contributed by atoms with E-state index in [9.17, 15) is 9.59 Å². The number of aromatic nitrogens is 2. The van der Waals surface area contributed by atoms with E-state index in [1.165, 1.54) is 30.5 Å². The van der Waals surface area contributed by atoms with Gasteiger partial charge >= 0.3 is 12.0 Å². The predicted octanol–water partition coefficient (Wildman–Crippen LogP) is 0.804. The van der Waals surface area contributed by atoms with E-state index in [0.29, 0.717) is 17.9 Å². The number of nitrogens with one attached hydrogen (secondary N) is 2. The molecule has 0 spiro atoms. The molecule has 1 aromatic rings. The first kappa shape index (κ1) is 14.2. The van der Waals surface area contributed by atoms with Crippen molar-refractivity contribution in [3.8, 4) is 0 Å². The number of carboxylic acid groups (broad SMARTS) is 1. The number of urea groups is 1. The monoisotopic (exact) mass is 270 g/mol. The average molecular weight is 270 g/mol. The average Bonchev–Trinajstić information content (AvgIpc) is 2.35. The van der Waals surface area contributed by atoms with E-state index >= 15 is 0 Å². The quantitative estimate of drug-likeness (QED) is 0.706. The van der Waals surface area contributed by atoms with Gasteiger partial charge in [-0.3, -0.25) is 0 Å². The zero-order valence-electron chi connectivity index (χ0n) is 9.79. The molecule has 8 heteroatoms. The highest BCUT2D eigenvalue weighted by atomic mass is 32.2. The van der Waals surface area contributed by atoms with Crippen LogP contribution in [-0.2, 0) is 4.79 Å². The van der Waals surface area contributed by atoms with Gasteiger partial charge in [0.25, 0.3) is 0 Å². The normalized spacial score (nSPS) is 11.6. The minimum Gasteiger partial charge on any atom is -0.480 e. The Balaban J connectivity index is 2.48. The Hall–Kier alpha value is -1.83. The molecule has 18 heavy (non-hydrogen) atoms. The molecule has 0 aliphatic heterocycles. The lowest BCUT2D eigenvalue weighted by atomic mass is 10.2. The van der Waals surface area contributed by atoms with Gasteiger partial charge in [-0.25, -0.2) is 19.6 Å². The van der Waals surface area contributed by atoms with Gasteiger partial charge in [0, 0.05) is 0 Å². The molecule has 1 aromatic heterocycles. The largest absolute Gasteiger partial charge is 0.480 e. The molecule has 98 valence electrons. The molecule has 0 aliphatic rings. The third-order valence-electron chi connectivity index (χ3n) is 2.03. The summed E-state index contributed by atoms with van der Waals surface area (Å²) >= 11 is 1.52. The maximum atomic E-state index is 11.5. The van der Waals surface area contributed by atoms with Crippen LogP contribution in [0, 0.1) is 0 Å². The van der Waals surface area contributed by atoms with Crippen LogP contribution in [-0.4, -0.2) is 45.1 Å². The number of nitrogens with zero attached hydrogens (tertiary/aromatic N) is 2. The van der Waals surface area contributed by atoms with Gasteiger partial charge in [0.1, 0.15) is 12.4 Å². The molecule has 1 rings (SSSR count). The van der Waals surface area contributed by atoms with E-state index in [1.54, 1.807) is 0 Å². The summed E-state index contributed by atoms with van der Waals surface area (Å²) in [6.45, 7) is 0. The molecule has 0 saturated carbocycles. The molecule has 0 saturated heterocycles. The van der Waals surface area contributed by atoms with Crippen LogP contribution in [0.5, 0.6) is 0 Å². The second-order valence-electron chi connectivity index (χ2n) is 3.40. The first-order chi connectivity index (χ1) is 8.63. The van der Waals surface area contributed by atoms with E-state index in [4.69, 9.17) is 5.11 Å². The van der Waals surface area contributed by atoms with Crippen molar-refractivity contribution in [2.24, 2.45) is 0 Å². The van der Waals surface area contributed by atoms with Crippen LogP contribution in [0.15, 0.2) is 18.7 Å². The first-order valence-corrected chi connectivity index (χ1v) is 6.57. The number of hydrogen-bond donors (Lipinski definition) is 3. The maximum Gasteiger partial charge on any atom is 0.326 e. The zero-order chi connectivity index (χ0) is 13.4. The molecule has 0 aromatic carbocycles. The summed E-state index contributed by atoms with van der Waals surface area (Å²) in [6, 6.07) is -1.49. The molecule has 7 nitrogen and oxygen atoms in total. The van der Waals surface area contributed by atoms with Crippen molar-refractivity contribution in [3.05, 3.63) is 18.7 Å². The summed E-state index contributed by atoms with van der Waals surface area (Å²) in [6.07, 6.45) is 6.42. The van der Waals surface area contributed by atoms with Crippen LogP contribution in [0.2, 0.25) is 0 Å². The van der Waals surface area contributed by atoms with E-state index in [-0.39, 0.29) is 0 Å². The minimum absolute atomic E-state index is 0.370. The number of carbonyl (C=O) groups is 2. The van der Waals surface area contributed by atoms with Crippen molar-refractivity contribution in [2.45, 2.75) is 12.5 Å². The Morgan fingerprint density at radius 3 is 2.67 bits per heavy atom. The minimum atomic E-state index is -1.05. The first-order valence-electron chi connectivity index (χ1n) is 5.17. The summed E-state index contributed by atoms with van der Waals surface area (Å²) < 4.78 is 0. The Labute approximate surface area is 108 Å². The molecule has 3 N–H and O–H groups in total. The lowest BCUT2D eigenvalue weighted by molar-refractivity contribution is -0.139. The van der Waals surface area contributed by atoms with Crippen LogP contribution in [0.25, 0.3) is 0 Å². The molecule has 0 bridgehead atoms. The van der Waals surface area contributed by atoms with E-state index < -0.39 is 18.0 Å². The van der Waals surface area contributed by atoms with Gasteiger partial charge in [0.15, 0.2) is 0 Å². The molecule has 1 heterocycles. The third kappa shape index (κ3) is 5.00. The van der Waals surface area contributed by atoms with Crippen molar-refractivity contribution in [1.82, 2.24) is 15.3 Å². The molecule has 0 radical (unpaired) electrons. The van der Waals surface area contributed by atoms with Crippen LogP contribution in [0.3, 0.4) is 0 Å². The fourth-order valence-corrected chi connectivity index (χ4v) is 1.65. The smallest absolute Gasteiger partial charge is 0.326 e. The predicted molar refractivity (Wildman–Crippen MR) is 68.6 cm³/mol. The second kappa shape index (κ2) is 7.49. The highest BCUT2D eigenvalue weighted by molar-refractivity contribution is 7.98. The van der Waals surface area contributed by atoms with Crippen LogP contribution < -0.4 is 10.6 Å². The van der Waals surface area contributed by atoms with Gasteiger partial charge in [-0.05, 0) is 18.4 Å². The van der Waals surface area contributed by atoms with Crippen molar-refractivity contribution in [3.63, 3.8) is 0 Å². The zero-order valence-corrected chi connectivity index (χ0v) is 10.6. The van der Waals surface area contributed by atoms with Crippen LogP contribution in [0.1, 0.15) is 6.42 Å².